The Bertz CT molecular complexity index is 253. The average molecular weight is 239 g/mol. The van der Waals surface area contributed by atoms with Crippen LogP contribution >= 0.6 is 0 Å². The third-order valence-electron chi connectivity index (χ3n) is 3.75. The lowest BCUT2D eigenvalue weighted by Crippen LogP contribution is -2.41. The molecule has 0 spiro atoms. The Morgan fingerprint density at radius 2 is 2.29 bits per heavy atom. The molecule has 2 heterocycles. The normalized spacial score (nSPS) is 29.4. The Hall–Kier alpha value is -0.610. The van der Waals surface area contributed by atoms with Crippen molar-refractivity contribution in [2.75, 3.05) is 32.7 Å². The van der Waals surface area contributed by atoms with Crippen molar-refractivity contribution >= 4 is 5.91 Å². The maximum Gasteiger partial charge on any atom is 0.234 e. The van der Waals surface area contributed by atoms with Gasteiger partial charge in [-0.3, -0.25) is 9.69 Å². The number of carbonyl (C=O) groups excluding carboxylic acids is 1. The Kier molecular flexibility index (Phi) is 4.40. The quantitative estimate of drug-likeness (QED) is 0.748. The van der Waals surface area contributed by atoms with E-state index in [0.29, 0.717) is 18.5 Å². The number of rotatable bonds is 4. The van der Waals surface area contributed by atoms with E-state index in [0.717, 1.165) is 32.1 Å². The van der Waals surface area contributed by atoms with Crippen LogP contribution in [0.4, 0.5) is 0 Å². The molecule has 2 N–H and O–H groups in total. The molecule has 2 fully saturated rings. The monoisotopic (exact) mass is 239 g/mol. The first kappa shape index (κ1) is 12.8. The van der Waals surface area contributed by atoms with Gasteiger partial charge in [-0.1, -0.05) is 13.8 Å². The SMILES string of the molecule is CC(C)CNC(=O)CN1CC2CCCNC2C1. The number of amides is 1. The second-order valence-corrected chi connectivity index (χ2v) is 5.85. The summed E-state index contributed by atoms with van der Waals surface area (Å²) < 4.78 is 0. The predicted octanol–water partition coefficient (Wildman–Crippen LogP) is 0.442. The molecule has 98 valence electrons. The first-order chi connectivity index (χ1) is 8.15. The molecule has 0 aromatic carbocycles. The molecule has 2 aliphatic rings. The van der Waals surface area contributed by atoms with Crippen LogP contribution in [0.2, 0.25) is 0 Å². The highest BCUT2D eigenvalue weighted by Gasteiger charge is 2.34. The third kappa shape index (κ3) is 3.68. The fourth-order valence-corrected chi connectivity index (χ4v) is 2.84. The molecule has 2 rings (SSSR count). The van der Waals surface area contributed by atoms with Crippen LogP contribution < -0.4 is 10.6 Å². The topological polar surface area (TPSA) is 44.4 Å². The maximum absolute atomic E-state index is 11.7. The summed E-state index contributed by atoms with van der Waals surface area (Å²) in [6, 6.07) is 0.627. The van der Waals surface area contributed by atoms with Crippen LogP contribution in [0, 0.1) is 11.8 Å². The van der Waals surface area contributed by atoms with Crippen molar-refractivity contribution in [2.45, 2.75) is 32.7 Å². The number of likely N-dealkylation sites (tertiary alicyclic amines) is 1. The first-order valence-corrected chi connectivity index (χ1v) is 6.87. The minimum Gasteiger partial charge on any atom is -0.355 e. The van der Waals surface area contributed by atoms with E-state index in [1.165, 1.54) is 12.8 Å². The lowest BCUT2D eigenvalue weighted by Gasteiger charge is -2.24. The summed E-state index contributed by atoms with van der Waals surface area (Å²) in [6.07, 6.45) is 2.61. The number of piperidine rings is 1. The van der Waals surface area contributed by atoms with Gasteiger partial charge in [0.15, 0.2) is 0 Å². The van der Waals surface area contributed by atoms with Gasteiger partial charge in [-0.2, -0.15) is 0 Å². The predicted molar refractivity (Wildman–Crippen MR) is 68.8 cm³/mol. The second-order valence-electron chi connectivity index (χ2n) is 5.85. The molecule has 4 heteroatoms. The molecule has 0 aliphatic carbocycles. The number of carbonyl (C=O) groups is 1. The maximum atomic E-state index is 11.7. The van der Waals surface area contributed by atoms with E-state index < -0.39 is 0 Å². The fourth-order valence-electron chi connectivity index (χ4n) is 2.84. The van der Waals surface area contributed by atoms with E-state index in [9.17, 15) is 4.79 Å². The summed E-state index contributed by atoms with van der Waals surface area (Å²) >= 11 is 0. The Morgan fingerprint density at radius 3 is 3.00 bits per heavy atom. The summed E-state index contributed by atoms with van der Waals surface area (Å²) in [5.74, 6) is 1.47. The van der Waals surface area contributed by atoms with Gasteiger partial charge in [0, 0.05) is 25.7 Å². The molecule has 0 saturated carbocycles. The van der Waals surface area contributed by atoms with Crippen molar-refractivity contribution in [1.29, 1.82) is 0 Å². The Labute approximate surface area is 104 Å². The zero-order valence-corrected chi connectivity index (χ0v) is 11.0. The van der Waals surface area contributed by atoms with Crippen LogP contribution in [0.25, 0.3) is 0 Å². The highest BCUT2D eigenvalue weighted by Crippen LogP contribution is 2.24. The van der Waals surface area contributed by atoms with Gasteiger partial charge in [-0.25, -0.2) is 0 Å². The molecule has 2 atom stereocenters. The summed E-state index contributed by atoms with van der Waals surface area (Å²) in [4.78, 5) is 14.0. The zero-order valence-electron chi connectivity index (χ0n) is 11.0. The van der Waals surface area contributed by atoms with Crippen molar-refractivity contribution in [3.8, 4) is 0 Å². The van der Waals surface area contributed by atoms with Crippen molar-refractivity contribution in [2.24, 2.45) is 11.8 Å². The Morgan fingerprint density at radius 1 is 1.47 bits per heavy atom. The number of hydrogen-bond donors (Lipinski definition) is 2. The first-order valence-electron chi connectivity index (χ1n) is 6.87. The van der Waals surface area contributed by atoms with E-state index in [1.807, 2.05) is 0 Å². The molecule has 0 aromatic rings. The van der Waals surface area contributed by atoms with Gasteiger partial charge in [0.1, 0.15) is 0 Å². The molecular weight excluding hydrogens is 214 g/mol. The van der Waals surface area contributed by atoms with Crippen LogP contribution in [0.5, 0.6) is 0 Å². The number of nitrogens with zero attached hydrogens (tertiary/aromatic N) is 1. The molecule has 2 aliphatic heterocycles. The molecule has 2 unspecified atom stereocenters. The lowest BCUT2D eigenvalue weighted by molar-refractivity contribution is -0.122. The van der Waals surface area contributed by atoms with Gasteiger partial charge in [-0.05, 0) is 31.2 Å². The molecule has 4 nitrogen and oxygen atoms in total. The van der Waals surface area contributed by atoms with Gasteiger partial charge in [0.2, 0.25) is 5.91 Å². The summed E-state index contributed by atoms with van der Waals surface area (Å²) in [5.41, 5.74) is 0. The second kappa shape index (κ2) is 5.83. The molecule has 0 radical (unpaired) electrons. The lowest BCUT2D eigenvalue weighted by atomic mass is 9.94. The highest BCUT2D eigenvalue weighted by molar-refractivity contribution is 5.78. The van der Waals surface area contributed by atoms with Crippen molar-refractivity contribution < 1.29 is 4.79 Å². The van der Waals surface area contributed by atoms with E-state index in [1.54, 1.807) is 0 Å². The minimum absolute atomic E-state index is 0.178. The summed E-state index contributed by atoms with van der Waals surface area (Å²) in [6.45, 7) is 8.88. The molecular formula is C13H25N3O. The Balaban J connectivity index is 1.71. The minimum atomic E-state index is 0.178. The van der Waals surface area contributed by atoms with Crippen LogP contribution in [0.15, 0.2) is 0 Å². The molecule has 2 saturated heterocycles. The van der Waals surface area contributed by atoms with Gasteiger partial charge in [0.25, 0.3) is 0 Å². The van der Waals surface area contributed by atoms with Gasteiger partial charge >= 0.3 is 0 Å². The van der Waals surface area contributed by atoms with Crippen molar-refractivity contribution in [3.05, 3.63) is 0 Å². The van der Waals surface area contributed by atoms with Crippen LogP contribution in [-0.4, -0.2) is 49.6 Å². The van der Waals surface area contributed by atoms with Crippen molar-refractivity contribution in [3.63, 3.8) is 0 Å². The van der Waals surface area contributed by atoms with E-state index in [-0.39, 0.29) is 5.91 Å². The van der Waals surface area contributed by atoms with E-state index >= 15 is 0 Å². The van der Waals surface area contributed by atoms with Gasteiger partial charge < -0.3 is 10.6 Å². The largest absolute Gasteiger partial charge is 0.355 e. The fraction of sp³-hybridized carbons (Fsp3) is 0.923. The smallest absolute Gasteiger partial charge is 0.234 e. The van der Waals surface area contributed by atoms with Crippen LogP contribution in [0.3, 0.4) is 0 Å². The summed E-state index contributed by atoms with van der Waals surface area (Å²) in [5, 5.41) is 6.55. The molecule has 17 heavy (non-hydrogen) atoms. The standard InChI is InChI=1S/C13H25N3O/c1-10(2)6-15-13(17)9-16-7-11-4-3-5-14-12(11)8-16/h10-12,14H,3-9H2,1-2H3,(H,15,17). The van der Waals surface area contributed by atoms with E-state index in [2.05, 4.69) is 29.4 Å². The average Bonchev–Trinajstić information content (AvgIpc) is 2.68. The summed E-state index contributed by atoms with van der Waals surface area (Å²) in [7, 11) is 0. The molecule has 0 aromatic heterocycles. The number of fused-ring (bicyclic) bond motifs is 1. The van der Waals surface area contributed by atoms with Crippen LogP contribution in [0.1, 0.15) is 26.7 Å². The third-order valence-corrected chi connectivity index (χ3v) is 3.75. The van der Waals surface area contributed by atoms with Gasteiger partial charge in [-0.15, -0.1) is 0 Å². The van der Waals surface area contributed by atoms with Crippen LogP contribution in [-0.2, 0) is 4.79 Å². The van der Waals surface area contributed by atoms with Crippen molar-refractivity contribution in [1.82, 2.24) is 15.5 Å². The number of nitrogens with one attached hydrogen (secondary N) is 2. The highest BCUT2D eigenvalue weighted by atomic mass is 16.2. The van der Waals surface area contributed by atoms with Gasteiger partial charge in [0.05, 0.1) is 6.54 Å². The molecule has 1 amide bonds. The number of hydrogen-bond acceptors (Lipinski definition) is 3. The van der Waals surface area contributed by atoms with E-state index in [4.69, 9.17) is 0 Å². The zero-order chi connectivity index (χ0) is 12.3. The molecule has 0 bridgehead atoms.